The van der Waals surface area contributed by atoms with Gasteiger partial charge in [-0.05, 0) is 50.1 Å². The molecular weight excluding hydrogens is 364 g/mol. The summed E-state index contributed by atoms with van der Waals surface area (Å²) in [5.74, 6) is 0.517. The van der Waals surface area contributed by atoms with E-state index in [1.165, 1.54) is 11.4 Å². The van der Waals surface area contributed by atoms with Gasteiger partial charge in [-0.1, -0.05) is 24.3 Å². The number of aryl methyl sites for hydroxylation is 1. The van der Waals surface area contributed by atoms with Crippen LogP contribution in [0.4, 0.5) is 5.69 Å². The molecule has 0 fully saturated rings. The SMILES string of the molecule is Cc1ccccc1OC[C@@H](C)NC(=O)c1cccc(N(C)S(C)(=O)=O)c1C. The van der Waals surface area contributed by atoms with Crippen molar-refractivity contribution in [2.45, 2.75) is 26.8 Å². The van der Waals surface area contributed by atoms with Crippen LogP contribution in [0.2, 0.25) is 0 Å². The summed E-state index contributed by atoms with van der Waals surface area (Å²) in [6, 6.07) is 12.5. The van der Waals surface area contributed by atoms with Crippen LogP contribution < -0.4 is 14.4 Å². The quantitative estimate of drug-likeness (QED) is 0.789. The van der Waals surface area contributed by atoms with Crippen molar-refractivity contribution in [1.29, 1.82) is 0 Å². The number of carbonyl (C=O) groups is 1. The van der Waals surface area contributed by atoms with Gasteiger partial charge in [0.25, 0.3) is 5.91 Å². The molecule has 0 aliphatic rings. The minimum Gasteiger partial charge on any atom is -0.491 e. The molecule has 0 aliphatic heterocycles. The lowest BCUT2D eigenvalue weighted by Gasteiger charge is -2.21. The second-order valence-corrected chi connectivity index (χ2v) is 8.64. The zero-order valence-corrected chi connectivity index (χ0v) is 17.1. The fraction of sp³-hybridized carbons (Fsp3) is 0.350. The number of hydrogen-bond donors (Lipinski definition) is 1. The molecule has 0 saturated carbocycles. The van der Waals surface area contributed by atoms with E-state index in [4.69, 9.17) is 4.74 Å². The minimum atomic E-state index is -3.41. The topological polar surface area (TPSA) is 75.7 Å². The van der Waals surface area contributed by atoms with Crippen molar-refractivity contribution in [3.63, 3.8) is 0 Å². The zero-order valence-electron chi connectivity index (χ0n) is 16.3. The normalized spacial score (nSPS) is 12.3. The van der Waals surface area contributed by atoms with E-state index < -0.39 is 10.0 Å². The molecule has 0 radical (unpaired) electrons. The third-order valence-corrected chi connectivity index (χ3v) is 5.54. The maximum atomic E-state index is 12.6. The molecule has 0 aliphatic carbocycles. The van der Waals surface area contributed by atoms with Crippen LogP contribution in [0.15, 0.2) is 42.5 Å². The van der Waals surface area contributed by atoms with E-state index in [9.17, 15) is 13.2 Å². The summed E-state index contributed by atoms with van der Waals surface area (Å²) >= 11 is 0. The van der Waals surface area contributed by atoms with Gasteiger partial charge in [0.15, 0.2) is 0 Å². The van der Waals surface area contributed by atoms with Crippen LogP contribution in [0.3, 0.4) is 0 Å². The van der Waals surface area contributed by atoms with Crippen molar-refractivity contribution in [2.24, 2.45) is 0 Å². The van der Waals surface area contributed by atoms with Crippen molar-refractivity contribution in [3.05, 3.63) is 59.2 Å². The maximum Gasteiger partial charge on any atom is 0.251 e. The number of amides is 1. The number of carbonyl (C=O) groups excluding carboxylic acids is 1. The average molecular weight is 391 g/mol. The molecule has 0 unspecified atom stereocenters. The van der Waals surface area contributed by atoms with Gasteiger partial charge in [0.1, 0.15) is 12.4 Å². The number of hydrogen-bond acceptors (Lipinski definition) is 4. The molecule has 7 heteroatoms. The van der Waals surface area contributed by atoms with Crippen molar-refractivity contribution in [2.75, 3.05) is 24.2 Å². The predicted octanol–water partition coefficient (Wildman–Crippen LogP) is 2.90. The number of ether oxygens (including phenoxy) is 1. The molecule has 2 aromatic carbocycles. The Morgan fingerprint density at radius 1 is 1.15 bits per heavy atom. The molecule has 2 aromatic rings. The van der Waals surface area contributed by atoms with Gasteiger partial charge in [0.05, 0.1) is 18.0 Å². The first kappa shape index (κ1) is 20.8. The molecule has 0 bridgehead atoms. The van der Waals surface area contributed by atoms with Gasteiger partial charge in [-0.25, -0.2) is 8.42 Å². The largest absolute Gasteiger partial charge is 0.491 e. The number of sulfonamides is 1. The summed E-state index contributed by atoms with van der Waals surface area (Å²) in [6.07, 6.45) is 1.13. The molecule has 2 rings (SSSR count). The van der Waals surface area contributed by atoms with E-state index in [1.54, 1.807) is 25.1 Å². The number of anilines is 1. The third kappa shape index (κ3) is 5.23. The van der Waals surface area contributed by atoms with Gasteiger partial charge < -0.3 is 10.1 Å². The van der Waals surface area contributed by atoms with Crippen molar-refractivity contribution < 1.29 is 17.9 Å². The van der Waals surface area contributed by atoms with Gasteiger partial charge in [-0.2, -0.15) is 0 Å². The van der Waals surface area contributed by atoms with E-state index in [2.05, 4.69) is 5.32 Å². The lowest BCUT2D eigenvalue weighted by atomic mass is 10.1. The molecule has 6 nitrogen and oxygen atoms in total. The molecule has 0 heterocycles. The van der Waals surface area contributed by atoms with E-state index >= 15 is 0 Å². The predicted molar refractivity (Wildman–Crippen MR) is 108 cm³/mol. The van der Waals surface area contributed by atoms with E-state index in [0.717, 1.165) is 17.6 Å². The van der Waals surface area contributed by atoms with Gasteiger partial charge in [0, 0.05) is 12.6 Å². The Hall–Kier alpha value is -2.54. The lowest BCUT2D eigenvalue weighted by molar-refractivity contribution is 0.0926. The molecule has 0 spiro atoms. The molecule has 1 atom stereocenters. The Kier molecular flexibility index (Phi) is 6.49. The highest BCUT2D eigenvalue weighted by Crippen LogP contribution is 2.24. The minimum absolute atomic E-state index is 0.215. The van der Waals surface area contributed by atoms with Crippen LogP contribution >= 0.6 is 0 Å². The second-order valence-electron chi connectivity index (χ2n) is 6.63. The average Bonchev–Trinajstić information content (AvgIpc) is 2.59. The standard InChI is InChI=1S/C20H26N2O4S/c1-14-9-6-7-12-19(14)26-13-15(2)21-20(23)17-10-8-11-18(16(17)3)22(4)27(5,24)25/h6-12,15H,13H2,1-5H3,(H,21,23)/t15-/m1/s1. The molecular formula is C20H26N2O4S. The summed E-state index contributed by atoms with van der Waals surface area (Å²) in [7, 11) is -1.94. The Labute approximate surface area is 161 Å². The van der Waals surface area contributed by atoms with Crippen LogP contribution in [0.25, 0.3) is 0 Å². The number of rotatable bonds is 7. The first-order chi connectivity index (χ1) is 12.6. The van der Waals surface area contributed by atoms with Crippen LogP contribution in [0.5, 0.6) is 5.75 Å². The van der Waals surface area contributed by atoms with E-state index in [-0.39, 0.29) is 11.9 Å². The Bertz CT molecular complexity index is 925. The first-order valence-electron chi connectivity index (χ1n) is 8.64. The summed E-state index contributed by atoms with van der Waals surface area (Å²) in [5, 5.41) is 2.90. The summed E-state index contributed by atoms with van der Waals surface area (Å²) in [4.78, 5) is 12.6. The Morgan fingerprint density at radius 3 is 2.44 bits per heavy atom. The van der Waals surface area contributed by atoms with Crippen molar-refractivity contribution in [1.82, 2.24) is 5.32 Å². The van der Waals surface area contributed by atoms with Gasteiger partial charge in [0.2, 0.25) is 10.0 Å². The molecule has 0 aromatic heterocycles. The van der Waals surface area contributed by atoms with Crippen LogP contribution in [-0.4, -0.2) is 40.3 Å². The molecule has 0 saturated heterocycles. The van der Waals surface area contributed by atoms with E-state index in [0.29, 0.717) is 23.4 Å². The number of benzene rings is 2. The van der Waals surface area contributed by atoms with Crippen LogP contribution in [0.1, 0.15) is 28.4 Å². The highest BCUT2D eigenvalue weighted by atomic mass is 32.2. The maximum absolute atomic E-state index is 12.6. The first-order valence-corrected chi connectivity index (χ1v) is 10.5. The second kappa shape index (κ2) is 8.43. The lowest BCUT2D eigenvalue weighted by Crippen LogP contribution is -2.37. The number of nitrogens with one attached hydrogen (secondary N) is 1. The monoisotopic (exact) mass is 390 g/mol. The molecule has 146 valence electrons. The highest BCUT2D eigenvalue weighted by molar-refractivity contribution is 7.92. The van der Waals surface area contributed by atoms with Gasteiger partial charge in [-0.3, -0.25) is 9.10 Å². The molecule has 27 heavy (non-hydrogen) atoms. The fourth-order valence-electron chi connectivity index (χ4n) is 2.67. The zero-order chi connectivity index (χ0) is 20.2. The highest BCUT2D eigenvalue weighted by Gasteiger charge is 2.19. The van der Waals surface area contributed by atoms with Crippen molar-refractivity contribution >= 4 is 21.6 Å². The van der Waals surface area contributed by atoms with Gasteiger partial charge >= 0.3 is 0 Å². The third-order valence-electron chi connectivity index (χ3n) is 4.35. The molecule has 1 N–H and O–H groups in total. The van der Waals surface area contributed by atoms with Crippen LogP contribution in [0, 0.1) is 13.8 Å². The Morgan fingerprint density at radius 2 is 1.81 bits per heavy atom. The summed E-state index contributed by atoms with van der Waals surface area (Å²) < 4.78 is 30.5. The smallest absolute Gasteiger partial charge is 0.251 e. The fourth-order valence-corrected chi connectivity index (χ4v) is 3.22. The molecule has 1 amide bonds. The van der Waals surface area contributed by atoms with E-state index in [1.807, 2.05) is 38.1 Å². The summed E-state index contributed by atoms with van der Waals surface area (Å²) in [5.41, 5.74) is 2.55. The number of para-hydroxylation sites is 1. The van der Waals surface area contributed by atoms with Gasteiger partial charge in [-0.15, -0.1) is 0 Å². The number of nitrogens with zero attached hydrogens (tertiary/aromatic N) is 1. The summed E-state index contributed by atoms with van der Waals surface area (Å²) in [6.45, 7) is 5.89. The Balaban J connectivity index is 2.08. The van der Waals surface area contributed by atoms with Crippen LogP contribution in [-0.2, 0) is 10.0 Å². The van der Waals surface area contributed by atoms with Crippen molar-refractivity contribution in [3.8, 4) is 5.75 Å².